The Hall–Kier alpha value is -3.67. The van der Waals surface area contributed by atoms with E-state index in [0.717, 1.165) is 18.8 Å². The second-order valence-electron chi connectivity index (χ2n) is 11.3. The van der Waals surface area contributed by atoms with Gasteiger partial charge in [-0.1, -0.05) is 12.2 Å². The zero-order chi connectivity index (χ0) is 28.5. The van der Waals surface area contributed by atoms with Crippen LogP contribution in [-0.4, -0.2) is 101 Å². The molecule has 1 aliphatic heterocycles. The largest absolute Gasteiger partial charge is 0.508 e. The maximum Gasteiger partial charge on any atom is 0.255 e. The molecule has 1 unspecified atom stereocenters. The molecule has 4 aliphatic rings. The van der Waals surface area contributed by atoms with Gasteiger partial charge in [-0.2, -0.15) is 0 Å². The molecule has 208 valence electrons. The third-order valence-corrected chi connectivity index (χ3v) is 8.55. The van der Waals surface area contributed by atoms with Crippen LogP contribution in [0, 0.1) is 11.8 Å². The summed E-state index contributed by atoms with van der Waals surface area (Å²) >= 11 is 0. The summed E-state index contributed by atoms with van der Waals surface area (Å²) in [4.78, 5) is 44.9. The summed E-state index contributed by atoms with van der Waals surface area (Å²) in [6.07, 6.45) is 4.36. The van der Waals surface area contributed by atoms with Crippen LogP contribution < -0.4 is 10.6 Å². The number of nitrogens with two attached hydrogens (primary N) is 1. The van der Waals surface area contributed by atoms with Gasteiger partial charge in [-0.25, -0.2) is 0 Å². The lowest BCUT2D eigenvalue weighted by atomic mass is 9.57. The van der Waals surface area contributed by atoms with E-state index in [4.69, 9.17) is 5.73 Å². The Labute approximate surface area is 226 Å². The van der Waals surface area contributed by atoms with Crippen LogP contribution in [0.2, 0.25) is 0 Å². The molecule has 5 rings (SSSR count). The van der Waals surface area contributed by atoms with Crippen LogP contribution in [0.15, 0.2) is 35.1 Å². The number of nitrogens with zero attached hydrogens (tertiary/aromatic N) is 3. The van der Waals surface area contributed by atoms with Crippen molar-refractivity contribution < 1.29 is 34.8 Å². The fourth-order valence-corrected chi connectivity index (χ4v) is 6.76. The Bertz CT molecular complexity index is 1380. The number of aliphatic hydroxyl groups excluding tert-OH is 2. The normalized spacial score (nSPS) is 28.6. The number of rotatable bonds is 5. The molecular weight excluding hydrogens is 504 g/mol. The van der Waals surface area contributed by atoms with E-state index in [2.05, 4.69) is 4.90 Å². The quantitative estimate of drug-likeness (QED) is 0.261. The molecule has 0 spiro atoms. The van der Waals surface area contributed by atoms with Crippen LogP contribution in [0.25, 0.3) is 5.76 Å². The number of carbonyl (C=O) groups is 3. The monoisotopic (exact) mass is 538 g/mol. The number of ketones is 2. The summed E-state index contributed by atoms with van der Waals surface area (Å²) in [6, 6.07) is 0.771. The van der Waals surface area contributed by atoms with Gasteiger partial charge in [0.2, 0.25) is 5.78 Å². The second-order valence-corrected chi connectivity index (χ2v) is 11.3. The van der Waals surface area contributed by atoms with E-state index in [1.807, 2.05) is 37.2 Å². The third kappa shape index (κ3) is 3.79. The van der Waals surface area contributed by atoms with Gasteiger partial charge in [-0.15, -0.1) is 0 Å². The zero-order valence-electron chi connectivity index (χ0n) is 22.4. The number of amides is 1. The molecule has 1 heterocycles. The lowest BCUT2D eigenvalue weighted by Gasteiger charge is -2.50. The van der Waals surface area contributed by atoms with Crippen molar-refractivity contribution in [1.82, 2.24) is 9.80 Å². The van der Waals surface area contributed by atoms with Crippen LogP contribution in [0.3, 0.4) is 0 Å². The Morgan fingerprint density at radius 1 is 1.13 bits per heavy atom. The van der Waals surface area contributed by atoms with Crippen molar-refractivity contribution in [3.05, 3.63) is 51.8 Å². The molecule has 0 bridgehead atoms. The molecular formula is C28H34N4O7. The highest BCUT2D eigenvalue weighted by atomic mass is 16.3. The van der Waals surface area contributed by atoms with Gasteiger partial charge >= 0.3 is 0 Å². The fourth-order valence-electron chi connectivity index (χ4n) is 6.76. The third-order valence-electron chi connectivity index (χ3n) is 8.55. The minimum atomic E-state index is -2.65. The van der Waals surface area contributed by atoms with Crippen molar-refractivity contribution in [3.63, 3.8) is 0 Å². The molecule has 0 saturated heterocycles. The lowest BCUT2D eigenvalue weighted by Crippen LogP contribution is -2.65. The zero-order valence-corrected chi connectivity index (χ0v) is 22.4. The van der Waals surface area contributed by atoms with Gasteiger partial charge in [-0.3, -0.25) is 24.2 Å². The Balaban J connectivity index is 1.71. The smallest absolute Gasteiger partial charge is 0.255 e. The molecule has 1 saturated carbocycles. The number of fused-ring (bicyclic) bond motifs is 3. The SMILES string of the molecule is CN(C)c1cc(CN2CC=CC2)c(O)c2c1C[C@H]1C[C@H]3C(N(C)C)C(=O)C(C(N)=O)=C(O)[C@@]3(O)C(=O)C1=C2O. The van der Waals surface area contributed by atoms with Crippen LogP contribution in [0.4, 0.5) is 5.69 Å². The van der Waals surface area contributed by atoms with Gasteiger partial charge in [-0.05, 0) is 44.5 Å². The number of likely N-dealkylation sites (N-methyl/N-ethyl adjacent to an activating group) is 1. The first kappa shape index (κ1) is 26.9. The predicted octanol–water partition coefficient (Wildman–Crippen LogP) is 0.402. The highest BCUT2D eigenvalue weighted by molar-refractivity contribution is 6.24. The summed E-state index contributed by atoms with van der Waals surface area (Å²) in [5, 5.41) is 45.7. The number of phenols is 1. The molecule has 4 atom stereocenters. The number of hydrogen-bond acceptors (Lipinski definition) is 10. The number of benzene rings is 1. The number of carbonyl (C=O) groups excluding carboxylic acids is 3. The van der Waals surface area contributed by atoms with Gasteiger partial charge in [0.15, 0.2) is 11.4 Å². The van der Waals surface area contributed by atoms with Crippen molar-refractivity contribution >= 4 is 28.9 Å². The fraction of sp³-hybridized carbons (Fsp3) is 0.464. The molecule has 1 fully saturated rings. The summed E-state index contributed by atoms with van der Waals surface area (Å²) < 4.78 is 0. The Morgan fingerprint density at radius 2 is 1.77 bits per heavy atom. The van der Waals surface area contributed by atoms with Crippen molar-refractivity contribution in [2.75, 3.05) is 46.2 Å². The molecule has 1 aromatic rings. The maximum atomic E-state index is 14.0. The van der Waals surface area contributed by atoms with E-state index in [0.29, 0.717) is 17.7 Å². The molecule has 11 heteroatoms. The minimum Gasteiger partial charge on any atom is -0.508 e. The maximum absolute atomic E-state index is 14.0. The molecule has 39 heavy (non-hydrogen) atoms. The lowest BCUT2D eigenvalue weighted by molar-refractivity contribution is -0.153. The first-order valence-corrected chi connectivity index (χ1v) is 12.9. The van der Waals surface area contributed by atoms with Crippen LogP contribution in [0.1, 0.15) is 23.1 Å². The van der Waals surface area contributed by atoms with Crippen molar-refractivity contribution in [3.8, 4) is 5.75 Å². The minimum absolute atomic E-state index is 0.0561. The van der Waals surface area contributed by atoms with Crippen molar-refractivity contribution in [2.24, 2.45) is 17.6 Å². The number of primary amides is 1. The van der Waals surface area contributed by atoms with Gasteiger partial charge in [0.05, 0.1) is 11.6 Å². The average molecular weight is 539 g/mol. The summed E-state index contributed by atoms with van der Waals surface area (Å²) in [5.41, 5.74) is 3.85. The first-order chi connectivity index (χ1) is 18.3. The van der Waals surface area contributed by atoms with Crippen molar-refractivity contribution in [1.29, 1.82) is 0 Å². The molecule has 11 nitrogen and oxygen atoms in total. The van der Waals surface area contributed by atoms with E-state index in [-0.39, 0.29) is 29.7 Å². The standard InChI is InChI=1S/C28H34N4O7/c1-30(2)17-11-14(12-32-7-5-6-8-32)22(33)19-15(17)9-13-10-16-21(31(3)4)24(35)20(27(29)38)26(37)28(16,39)25(36)18(13)23(19)34/h5-6,11,13,16,21,33-34,37,39H,7-10,12H2,1-4H3,(H2,29,38)/t13-,16-,21?,28-/m0/s1. The van der Waals surface area contributed by atoms with Gasteiger partial charge in [0.1, 0.15) is 22.8 Å². The first-order valence-electron chi connectivity index (χ1n) is 12.9. The predicted molar refractivity (Wildman–Crippen MR) is 143 cm³/mol. The highest BCUT2D eigenvalue weighted by Gasteiger charge is 2.64. The van der Waals surface area contributed by atoms with Crippen LogP contribution in [-0.2, 0) is 27.3 Å². The van der Waals surface area contributed by atoms with E-state index in [1.54, 1.807) is 14.1 Å². The van der Waals surface area contributed by atoms with Crippen molar-refractivity contribution in [2.45, 2.75) is 31.0 Å². The molecule has 0 aromatic heterocycles. The Kier molecular flexibility index (Phi) is 6.36. The van der Waals surface area contributed by atoms with Gasteiger partial charge in [0.25, 0.3) is 5.91 Å². The summed E-state index contributed by atoms with van der Waals surface area (Å²) in [7, 11) is 6.86. The molecule has 3 aliphatic carbocycles. The highest BCUT2D eigenvalue weighted by Crippen LogP contribution is 2.54. The summed E-state index contributed by atoms with van der Waals surface area (Å²) in [6.45, 7) is 1.85. The number of aliphatic hydroxyl groups is 3. The number of hydrogen-bond donors (Lipinski definition) is 5. The van der Waals surface area contributed by atoms with Gasteiger partial charge in [0, 0.05) is 56.5 Å². The molecule has 1 amide bonds. The number of phenolic OH excluding ortho intramolecular Hbond substituents is 1. The van der Waals surface area contributed by atoms with E-state index >= 15 is 0 Å². The number of Topliss-reactive ketones (excluding diaryl/α,β-unsaturated/α-hetero) is 2. The summed E-state index contributed by atoms with van der Waals surface area (Å²) in [5.74, 6) is -6.48. The number of aromatic hydroxyl groups is 1. The van der Waals surface area contributed by atoms with Crippen LogP contribution in [0.5, 0.6) is 5.75 Å². The second kappa shape index (κ2) is 9.22. The van der Waals surface area contributed by atoms with Gasteiger partial charge < -0.3 is 31.1 Å². The topological polar surface area (TPSA) is 168 Å². The Morgan fingerprint density at radius 3 is 2.33 bits per heavy atom. The molecule has 0 radical (unpaired) electrons. The van der Waals surface area contributed by atoms with E-state index in [9.17, 15) is 34.8 Å². The van der Waals surface area contributed by atoms with E-state index < -0.39 is 58.0 Å². The van der Waals surface area contributed by atoms with E-state index in [1.165, 1.54) is 4.90 Å². The molecule has 1 aromatic carbocycles. The van der Waals surface area contributed by atoms with Crippen LogP contribution >= 0.6 is 0 Å². The number of anilines is 1. The average Bonchev–Trinajstić information content (AvgIpc) is 3.35. The molecule has 6 N–H and O–H groups in total.